The highest BCUT2D eigenvalue weighted by Crippen LogP contribution is 2.36. The summed E-state index contributed by atoms with van der Waals surface area (Å²) in [5.74, 6) is 0. The lowest BCUT2D eigenvalue weighted by atomic mass is 10.0. The minimum atomic E-state index is 1.08. The SMILES string of the molecule is CN1CCc2c(-c3ccccc3)c3ccccc3n2CC1. The van der Waals surface area contributed by atoms with E-state index in [1.54, 1.807) is 0 Å². The Hall–Kier alpha value is -2.06. The molecule has 0 amide bonds. The molecular formula is C19H20N2. The Morgan fingerprint density at radius 2 is 1.57 bits per heavy atom. The molecule has 0 atom stereocenters. The maximum absolute atomic E-state index is 2.53. The van der Waals surface area contributed by atoms with Crippen molar-refractivity contribution in [1.82, 2.24) is 9.47 Å². The molecule has 0 unspecified atom stereocenters. The highest BCUT2D eigenvalue weighted by molar-refractivity contribution is 5.98. The summed E-state index contributed by atoms with van der Waals surface area (Å²) in [6, 6.07) is 19.7. The molecule has 2 aromatic carbocycles. The van der Waals surface area contributed by atoms with Crippen LogP contribution < -0.4 is 0 Å². The number of aromatic nitrogens is 1. The van der Waals surface area contributed by atoms with E-state index in [2.05, 4.69) is 71.1 Å². The summed E-state index contributed by atoms with van der Waals surface area (Å²) in [7, 11) is 2.22. The zero-order valence-corrected chi connectivity index (χ0v) is 12.4. The molecule has 1 aliphatic heterocycles. The number of fused-ring (bicyclic) bond motifs is 3. The molecule has 0 N–H and O–H groups in total. The Morgan fingerprint density at radius 3 is 2.43 bits per heavy atom. The number of likely N-dealkylation sites (N-methyl/N-ethyl adjacent to an activating group) is 1. The average molecular weight is 276 g/mol. The second-order valence-electron chi connectivity index (χ2n) is 5.91. The topological polar surface area (TPSA) is 8.17 Å². The van der Waals surface area contributed by atoms with Crippen LogP contribution in [0, 0.1) is 0 Å². The van der Waals surface area contributed by atoms with Gasteiger partial charge >= 0.3 is 0 Å². The molecule has 2 nitrogen and oxygen atoms in total. The van der Waals surface area contributed by atoms with E-state index in [0.717, 1.165) is 26.1 Å². The number of benzene rings is 2. The molecule has 2 heteroatoms. The van der Waals surface area contributed by atoms with Crippen molar-refractivity contribution in [2.24, 2.45) is 0 Å². The summed E-state index contributed by atoms with van der Waals surface area (Å²) in [6.07, 6.45) is 1.12. The fourth-order valence-electron chi connectivity index (χ4n) is 3.48. The molecule has 2 heterocycles. The predicted octanol–water partition coefficient (Wildman–Crippen LogP) is 3.80. The van der Waals surface area contributed by atoms with E-state index in [1.165, 1.54) is 27.7 Å². The van der Waals surface area contributed by atoms with Gasteiger partial charge in [-0.15, -0.1) is 0 Å². The summed E-state index contributed by atoms with van der Waals surface area (Å²) >= 11 is 0. The molecule has 1 aromatic heterocycles. The summed E-state index contributed by atoms with van der Waals surface area (Å²) in [4.78, 5) is 2.43. The van der Waals surface area contributed by atoms with E-state index in [9.17, 15) is 0 Å². The first-order chi connectivity index (χ1) is 10.3. The van der Waals surface area contributed by atoms with Crippen LogP contribution in [0.5, 0.6) is 0 Å². The third-order valence-electron chi connectivity index (χ3n) is 4.58. The number of nitrogens with zero attached hydrogens (tertiary/aromatic N) is 2. The summed E-state index contributed by atoms with van der Waals surface area (Å²) in [5, 5.41) is 1.39. The Labute approximate surface area is 125 Å². The Balaban J connectivity index is 2.01. The lowest BCUT2D eigenvalue weighted by Gasteiger charge is -2.12. The quantitative estimate of drug-likeness (QED) is 0.656. The molecule has 0 fully saturated rings. The van der Waals surface area contributed by atoms with Crippen molar-refractivity contribution in [3.8, 4) is 11.1 Å². The highest BCUT2D eigenvalue weighted by atomic mass is 15.1. The van der Waals surface area contributed by atoms with Gasteiger partial charge in [-0.25, -0.2) is 0 Å². The van der Waals surface area contributed by atoms with E-state index in [4.69, 9.17) is 0 Å². The number of rotatable bonds is 1. The Morgan fingerprint density at radius 1 is 0.810 bits per heavy atom. The normalized spacial score (nSPS) is 15.9. The predicted molar refractivity (Wildman–Crippen MR) is 88.6 cm³/mol. The maximum atomic E-state index is 2.53. The van der Waals surface area contributed by atoms with Crippen molar-refractivity contribution in [2.45, 2.75) is 13.0 Å². The van der Waals surface area contributed by atoms with Crippen LogP contribution in [0.1, 0.15) is 5.69 Å². The third-order valence-corrected chi connectivity index (χ3v) is 4.58. The van der Waals surface area contributed by atoms with E-state index < -0.39 is 0 Å². The molecule has 0 saturated heterocycles. The van der Waals surface area contributed by atoms with Gasteiger partial charge in [-0.2, -0.15) is 0 Å². The molecular weight excluding hydrogens is 256 g/mol. The Kier molecular flexibility index (Phi) is 3.04. The van der Waals surface area contributed by atoms with Crippen molar-refractivity contribution >= 4 is 10.9 Å². The third kappa shape index (κ3) is 2.07. The van der Waals surface area contributed by atoms with Gasteiger partial charge in [-0.3, -0.25) is 0 Å². The molecule has 0 radical (unpaired) electrons. The van der Waals surface area contributed by atoms with Crippen LogP contribution in [0.4, 0.5) is 0 Å². The fourth-order valence-corrected chi connectivity index (χ4v) is 3.48. The van der Waals surface area contributed by atoms with Crippen molar-refractivity contribution in [1.29, 1.82) is 0 Å². The molecule has 1 aliphatic rings. The molecule has 0 spiro atoms. The van der Waals surface area contributed by atoms with Crippen LogP contribution in [0.2, 0.25) is 0 Å². The first kappa shape index (κ1) is 12.7. The van der Waals surface area contributed by atoms with Gasteiger partial charge in [0.2, 0.25) is 0 Å². The van der Waals surface area contributed by atoms with E-state index in [-0.39, 0.29) is 0 Å². The molecule has 4 rings (SSSR count). The monoisotopic (exact) mass is 276 g/mol. The smallest absolute Gasteiger partial charge is 0.0489 e. The Bertz CT molecular complexity index is 771. The number of para-hydroxylation sites is 1. The second kappa shape index (κ2) is 5.05. The van der Waals surface area contributed by atoms with Crippen LogP contribution in [0.25, 0.3) is 22.0 Å². The van der Waals surface area contributed by atoms with Gasteiger partial charge < -0.3 is 9.47 Å². The van der Waals surface area contributed by atoms with Crippen LogP contribution >= 0.6 is 0 Å². The first-order valence-corrected chi connectivity index (χ1v) is 7.68. The summed E-state index contributed by atoms with van der Waals surface area (Å²) in [5.41, 5.74) is 5.64. The minimum Gasteiger partial charge on any atom is -0.343 e. The summed E-state index contributed by atoms with van der Waals surface area (Å²) in [6.45, 7) is 3.34. The van der Waals surface area contributed by atoms with Crippen molar-refractivity contribution in [3.63, 3.8) is 0 Å². The second-order valence-corrected chi connectivity index (χ2v) is 5.91. The minimum absolute atomic E-state index is 1.08. The van der Waals surface area contributed by atoms with E-state index in [1.807, 2.05) is 0 Å². The first-order valence-electron chi connectivity index (χ1n) is 7.68. The molecule has 0 aliphatic carbocycles. The van der Waals surface area contributed by atoms with Gasteiger partial charge in [0.25, 0.3) is 0 Å². The zero-order chi connectivity index (χ0) is 14.2. The molecule has 3 aromatic rings. The van der Waals surface area contributed by atoms with Crippen LogP contribution in [-0.4, -0.2) is 29.6 Å². The van der Waals surface area contributed by atoms with Crippen LogP contribution in [0.15, 0.2) is 54.6 Å². The molecule has 0 saturated carbocycles. The maximum Gasteiger partial charge on any atom is 0.0489 e. The molecule has 106 valence electrons. The molecule has 21 heavy (non-hydrogen) atoms. The largest absolute Gasteiger partial charge is 0.343 e. The van der Waals surface area contributed by atoms with Gasteiger partial charge in [0, 0.05) is 48.2 Å². The van der Waals surface area contributed by atoms with E-state index in [0.29, 0.717) is 0 Å². The van der Waals surface area contributed by atoms with Crippen molar-refractivity contribution < 1.29 is 0 Å². The average Bonchev–Trinajstić information content (AvgIpc) is 2.72. The van der Waals surface area contributed by atoms with Gasteiger partial charge in [0.15, 0.2) is 0 Å². The van der Waals surface area contributed by atoms with Crippen molar-refractivity contribution in [2.75, 3.05) is 20.1 Å². The zero-order valence-electron chi connectivity index (χ0n) is 12.4. The lowest BCUT2D eigenvalue weighted by Crippen LogP contribution is -2.21. The standard InChI is InChI=1S/C19H20N2/c1-20-12-11-18-19(15-7-3-2-4-8-15)16-9-5-6-10-17(16)21(18)14-13-20/h2-10H,11-14H2,1H3. The van der Waals surface area contributed by atoms with Crippen molar-refractivity contribution in [3.05, 3.63) is 60.3 Å². The van der Waals surface area contributed by atoms with E-state index >= 15 is 0 Å². The number of hydrogen-bond acceptors (Lipinski definition) is 1. The van der Waals surface area contributed by atoms with Crippen LogP contribution in [0.3, 0.4) is 0 Å². The lowest BCUT2D eigenvalue weighted by molar-refractivity contribution is 0.343. The van der Waals surface area contributed by atoms with Gasteiger partial charge in [-0.1, -0.05) is 48.5 Å². The van der Waals surface area contributed by atoms with Crippen LogP contribution in [-0.2, 0) is 13.0 Å². The summed E-state index contributed by atoms with van der Waals surface area (Å²) < 4.78 is 2.53. The highest BCUT2D eigenvalue weighted by Gasteiger charge is 2.20. The number of hydrogen-bond donors (Lipinski definition) is 0. The van der Waals surface area contributed by atoms with Gasteiger partial charge in [0.05, 0.1) is 0 Å². The van der Waals surface area contributed by atoms with Gasteiger partial charge in [-0.05, 0) is 18.7 Å². The fraction of sp³-hybridized carbons (Fsp3) is 0.263. The molecule has 0 bridgehead atoms. The van der Waals surface area contributed by atoms with Gasteiger partial charge in [0.1, 0.15) is 0 Å².